The molecule has 2 rings (SSSR count). The summed E-state index contributed by atoms with van der Waals surface area (Å²) in [5.41, 5.74) is 0.649. The third-order valence-electron chi connectivity index (χ3n) is 4.06. The summed E-state index contributed by atoms with van der Waals surface area (Å²) in [6.45, 7) is 6.56. The topological polar surface area (TPSA) is 49.8 Å². The van der Waals surface area contributed by atoms with Crippen LogP contribution in [-0.2, 0) is 4.74 Å². The molecule has 4 nitrogen and oxygen atoms in total. The summed E-state index contributed by atoms with van der Waals surface area (Å²) >= 11 is 0. The van der Waals surface area contributed by atoms with Gasteiger partial charge in [0.2, 0.25) is 0 Å². The zero-order valence-corrected chi connectivity index (χ0v) is 13.8. The molecule has 1 aromatic carbocycles. The number of rotatable bonds is 3. The number of ether oxygens (including phenoxy) is 1. The molecule has 22 heavy (non-hydrogen) atoms. The fraction of sp³-hybridized carbons (Fsp3) is 0.611. The smallest absolute Gasteiger partial charge is 0.410 e. The molecule has 0 spiro atoms. The summed E-state index contributed by atoms with van der Waals surface area (Å²) in [6.07, 6.45) is 2.35. The first-order valence-corrected chi connectivity index (χ1v) is 8.06. The van der Waals surface area contributed by atoms with E-state index in [1.54, 1.807) is 0 Å². The Morgan fingerprint density at radius 3 is 2.59 bits per heavy atom. The van der Waals surface area contributed by atoms with Crippen molar-refractivity contribution in [2.24, 2.45) is 5.92 Å². The number of amides is 1. The average Bonchev–Trinajstić information content (AvgIpc) is 2.46. The number of carbonyl (C=O) groups is 1. The summed E-state index contributed by atoms with van der Waals surface area (Å²) in [5, 5.41) is 9.20. The van der Waals surface area contributed by atoms with E-state index in [1.165, 1.54) is 0 Å². The third-order valence-corrected chi connectivity index (χ3v) is 4.06. The summed E-state index contributed by atoms with van der Waals surface area (Å²) in [6, 6.07) is 10.1. The lowest BCUT2D eigenvalue weighted by Crippen LogP contribution is -2.43. The van der Waals surface area contributed by atoms with E-state index in [2.05, 4.69) is 12.1 Å². The maximum absolute atomic E-state index is 12.5. The first-order valence-electron chi connectivity index (χ1n) is 8.06. The summed E-state index contributed by atoms with van der Waals surface area (Å²) in [5.74, 6) is 0.453. The van der Waals surface area contributed by atoms with Gasteiger partial charge in [0.25, 0.3) is 0 Å². The highest BCUT2D eigenvalue weighted by atomic mass is 16.6. The van der Waals surface area contributed by atoms with Crippen molar-refractivity contribution >= 4 is 6.09 Å². The molecule has 1 N–H and O–H groups in total. The van der Waals surface area contributed by atoms with E-state index in [0.717, 1.165) is 24.8 Å². The minimum atomic E-state index is -0.486. The highest BCUT2D eigenvalue weighted by Gasteiger charge is 2.34. The number of aliphatic hydroxyl groups excluding tert-OH is 1. The molecule has 1 aromatic rings. The molecule has 0 bridgehead atoms. The van der Waals surface area contributed by atoms with E-state index < -0.39 is 5.60 Å². The number of hydrogen-bond acceptors (Lipinski definition) is 3. The van der Waals surface area contributed by atoms with Gasteiger partial charge in [0.05, 0.1) is 6.04 Å². The molecular formula is C18H27NO3. The maximum Gasteiger partial charge on any atom is 0.410 e. The maximum atomic E-state index is 12.5. The molecule has 4 heteroatoms. The normalized spacial score (nSPS) is 22.5. The first kappa shape index (κ1) is 16.8. The predicted octanol–water partition coefficient (Wildman–Crippen LogP) is 3.76. The van der Waals surface area contributed by atoms with Crippen molar-refractivity contribution in [3.05, 3.63) is 35.9 Å². The number of benzene rings is 1. The van der Waals surface area contributed by atoms with Crippen LogP contribution in [0, 0.1) is 5.92 Å². The molecule has 0 radical (unpaired) electrons. The number of nitrogens with zero attached hydrogens (tertiary/aromatic N) is 1. The van der Waals surface area contributed by atoms with E-state index in [-0.39, 0.29) is 18.7 Å². The van der Waals surface area contributed by atoms with Crippen LogP contribution in [-0.4, -0.2) is 34.9 Å². The van der Waals surface area contributed by atoms with Crippen LogP contribution >= 0.6 is 0 Å². The van der Waals surface area contributed by atoms with E-state index in [4.69, 9.17) is 4.74 Å². The first-order chi connectivity index (χ1) is 10.4. The van der Waals surface area contributed by atoms with Gasteiger partial charge in [-0.3, -0.25) is 0 Å². The monoisotopic (exact) mass is 305 g/mol. The van der Waals surface area contributed by atoms with Gasteiger partial charge >= 0.3 is 6.09 Å². The van der Waals surface area contributed by atoms with Crippen LogP contribution in [0.15, 0.2) is 30.3 Å². The lowest BCUT2D eigenvalue weighted by Gasteiger charge is -2.40. The third kappa shape index (κ3) is 4.47. The molecule has 0 saturated carbocycles. The Balaban J connectivity index is 2.18. The zero-order valence-electron chi connectivity index (χ0n) is 13.8. The van der Waals surface area contributed by atoms with E-state index in [9.17, 15) is 9.90 Å². The molecular weight excluding hydrogens is 278 g/mol. The summed E-state index contributed by atoms with van der Waals surface area (Å²) in [7, 11) is 0. The number of hydrogen-bond donors (Lipinski definition) is 1. The van der Waals surface area contributed by atoms with Crippen molar-refractivity contribution in [1.29, 1.82) is 0 Å². The molecule has 1 fully saturated rings. The fourth-order valence-electron chi connectivity index (χ4n) is 3.01. The van der Waals surface area contributed by atoms with Crippen LogP contribution < -0.4 is 0 Å². The van der Waals surface area contributed by atoms with Crippen LogP contribution in [0.5, 0.6) is 0 Å². The Bertz CT molecular complexity index is 481. The van der Waals surface area contributed by atoms with Crippen LogP contribution in [0.1, 0.15) is 51.6 Å². The van der Waals surface area contributed by atoms with E-state index in [1.807, 2.05) is 43.9 Å². The zero-order chi connectivity index (χ0) is 16.2. The molecule has 0 unspecified atom stereocenters. The second-order valence-corrected chi connectivity index (χ2v) is 7.00. The molecule has 0 aromatic heterocycles. The SMILES string of the molecule is CC(C)(C)OC(=O)N1CC[C@@H](CCO)C[C@H]1c1ccccc1. The van der Waals surface area contributed by atoms with Gasteiger partial charge in [-0.05, 0) is 51.5 Å². The lowest BCUT2D eigenvalue weighted by atomic mass is 9.85. The van der Waals surface area contributed by atoms with Gasteiger partial charge in [-0.1, -0.05) is 30.3 Å². The van der Waals surface area contributed by atoms with Crippen LogP contribution in [0.2, 0.25) is 0 Å². The molecule has 1 aliphatic rings. The quantitative estimate of drug-likeness (QED) is 0.925. The Hall–Kier alpha value is -1.55. The van der Waals surface area contributed by atoms with Crippen molar-refractivity contribution < 1.29 is 14.6 Å². The van der Waals surface area contributed by atoms with E-state index >= 15 is 0 Å². The van der Waals surface area contributed by atoms with Gasteiger partial charge in [-0.15, -0.1) is 0 Å². The lowest BCUT2D eigenvalue weighted by molar-refractivity contribution is 0.00289. The van der Waals surface area contributed by atoms with Crippen molar-refractivity contribution in [3.8, 4) is 0 Å². The van der Waals surface area contributed by atoms with Gasteiger partial charge in [-0.25, -0.2) is 4.79 Å². The van der Waals surface area contributed by atoms with Gasteiger partial charge in [0.1, 0.15) is 5.60 Å². The number of piperidine rings is 1. The van der Waals surface area contributed by atoms with Gasteiger partial charge in [0.15, 0.2) is 0 Å². The molecule has 0 aliphatic carbocycles. The molecule has 1 saturated heterocycles. The van der Waals surface area contributed by atoms with Crippen LogP contribution in [0.4, 0.5) is 4.79 Å². The molecule has 1 amide bonds. The van der Waals surface area contributed by atoms with Gasteiger partial charge in [-0.2, -0.15) is 0 Å². The highest BCUT2D eigenvalue weighted by molar-refractivity contribution is 5.69. The fourth-order valence-corrected chi connectivity index (χ4v) is 3.01. The second-order valence-electron chi connectivity index (χ2n) is 7.00. The minimum absolute atomic E-state index is 0.0290. The Morgan fingerprint density at radius 2 is 2.00 bits per heavy atom. The predicted molar refractivity (Wildman–Crippen MR) is 86.5 cm³/mol. The Labute approximate surface area is 133 Å². The van der Waals surface area contributed by atoms with Crippen molar-refractivity contribution in [2.45, 2.75) is 51.7 Å². The van der Waals surface area contributed by atoms with Gasteiger partial charge in [0, 0.05) is 13.2 Å². The largest absolute Gasteiger partial charge is 0.444 e. The Kier molecular flexibility index (Phi) is 5.46. The molecule has 1 aliphatic heterocycles. The van der Waals surface area contributed by atoms with Crippen LogP contribution in [0.3, 0.4) is 0 Å². The summed E-state index contributed by atoms with van der Waals surface area (Å²) < 4.78 is 5.56. The number of carbonyl (C=O) groups excluding carboxylic acids is 1. The molecule has 2 atom stereocenters. The minimum Gasteiger partial charge on any atom is -0.444 e. The van der Waals surface area contributed by atoms with Gasteiger partial charge < -0.3 is 14.7 Å². The van der Waals surface area contributed by atoms with Crippen molar-refractivity contribution in [1.82, 2.24) is 4.90 Å². The number of likely N-dealkylation sites (tertiary alicyclic amines) is 1. The molecule has 122 valence electrons. The highest BCUT2D eigenvalue weighted by Crippen LogP contribution is 2.36. The molecule has 1 heterocycles. The number of aliphatic hydroxyl groups is 1. The van der Waals surface area contributed by atoms with Crippen LogP contribution in [0.25, 0.3) is 0 Å². The Morgan fingerprint density at radius 1 is 1.32 bits per heavy atom. The summed E-state index contributed by atoms with van der Waals surface area (Å²) in [4.78, 5) is 14.4. The standard InChI is InChI=1S/C18H27NO3/c1-18(2,3)22-17(21)19-11-9-14(10-12-20)13-16(19)15-7-5-4-6-8-15/h4-8,14,16,20H,9-13H2,1-3H3/t14-,16-/m0/s1. The van der Waals surface area contributed by atoms with E-state index in [0.29, 0.717) is 12.5 Å². The van der Waals surface area contributed by atoms with Crippen molar-refractivity contribution in [2.75, 3.05) is 13.2 Å². The average molecular weight is 305 g/mol. The second kappa shape index (κ2) is 7.14. The van der Waals surface area contributed by atoms with Crippen molar-refractivity contribution in [3.63, 3.8) is 0 Å².